The molecule has 86 valence electrons. The molecule has 0 N–H and O–H groups in total. The Kier molecular flexibility index (Phi) is 4.05. The number of carbonyl (C=O) groups is 2. The lowest BCUT2D eigenvalue weighted by atomic mass is 10.1. The zero-order valence-electron chi connectivity index (χ0n) is 9.57. The third-order valence-electron chi connectivity index (χ3n) is 2.15. The van der Waals surface area contributed by atoms with Crippen LogP contribution in [0.2, 0.25) is 0 Å². The van der Waals surface area contributed by atoms with Gasteiger partial charge in [0.25, 0.3) is 0 Å². The van der Waals surface area contributed by atoms with E-state index in [4.69, 9.17) is 4.74 Å². The first-order valence-electron chi connectivity index (χ1n) is 4.83. The van der Waals surface area contributed by atoms with Crippen LogP contribution >= 0.6 is 0 Å². The van der Waals surface area contributed by atoms with Crippen LogP contribution in [-0.2, 0) is 16.0 Å². The third kappa shape index (κ3) is 2.82. The van der Waals surface area contributed by atoms with Crippen LogP contribution in [0.5, 0.6) is 5.75 Å². The van der Waals surface area contributed by atoms with E-state index >= 15 is 0 Å². The number of benzene rings is 1. The summed E-state index contributed by atoms with van der Waals surface area (Å²) in [7, 11) is 2.82. The van der Waals surface area contributed by atoms with Gasteiger partial charge < -0.3 is 9.47 Å². The summed E-state index contributed by atoms with van der Waals surface area (Å²) in [6, 6.07) is 4.89. The first-order valence-corrected chi connectivity index (χ1v) is 4.83. The van der Waals surface area contributed by atoms with Crippen LogP contribution in [0.3, 0.4) is 0 Å². The summed E-state index contributed by atoms with van der Waals surface area (Å²) in [4.78, 5) is 22.3. The van der Waals surface area contributed by atoms with Gasteiger partial charge >= 0.3 is 5.97 Å². The number of hydrogen-bond acceptors (Lipinski definition) is 4. The van der Waals surface area contributed by atoms with Crippen LogP contribution < -0.4 is 4.74 Å². The standard InChI is InChI=1S/C12H14O4/c1-8(13)6-9-4-5-10(12(14)16-3)7-11(9)15-2/h4-5,7H,6H2,1-3H3. The predicted octanol–water partition coefficient (Wildman–Crippen LogP) is 1.61. The fourth-order valence-electron chi connectivity index (χ4n) is 1.40. The van der Waals surface area contributed by atoms with Crippen molar-refractivity contribution in [2.24, 2.45) is 0 Å². The summed E-state index contributed by atoms with van der Waals surface area (Å²) in [6.07, 6.45) is 0.296. The molecule has 0 fully saturated rings. The van der Waals surface area contributed by atoms with Crippen molar-refractivity contribution >= 4 is 11.8 Å². The first kappa shape index (κ1) is 12.2. The maximum absolute atomic E-state index is 11.3. The highest BCUT2D eigenvalue weighted by Crippen LogP contribution is 2.21. The molecule has 0 saturated heterocycles. The number of ketones is 1. The maximum Gasteiger partial charge on any atom is 0.337 e. The molecule has 0 unspecified atom stereocenters. The van der Waals surface area contributed by atoms with Crippen molar-refractivity contribution in [2.45, 2.75) is 13.3 Å². The van der Waals surface area contributed by atoms with Gasteiger partial charge in [-0.25, -0.2) is 4.79 Å². The van der Waals surface area contributed by atoms with Gasteiger partial charge in [-0.15, -0.1) is 0 Å². The van der Waals surface area contributed by atoms with Gasteiger partial charge in [-0.1, -0.05) is 6.07 Å². The molecule has 0 bridgehead atoms. The molecule has 0 amide bonds. The van der Waals surface area contributed by atoms with Crippen LogP contribution in [0.15, 0.2) is 18.2 Å². The summed E-state index contributed by atoms with van der Waals surface area (Å²) in [5, 5.41) is 0. The van der Waals surface area contributed by atoms with E-state index in [1.165, 1.54) is 21.1 Å². The summed E-state index contributed by atoms with van der Waals surface area (Å²) >= 11 is 0. The summed E-state index contributed by atoms with van der Waals surface area (Å²) in [6.45, 7) is 1.51. The average molecular weight is 222 g/mol. The fraction of sp³-hybridized carbons (Fsp3) is 0.333. The van der Waals surface area contributed by atoms with E-state index in [9.17, 15) is 9.59 Å². The molecule has 0 spiro atoms. The van der Waals surface area contributed by atoms with Gasteiger partial charge in [0, 0.05) is 12.0 Å². The molecule has 4 nitrogen and oxygen atoms in total. The van der Waals surface area contributed by atoms with E-state index < -0.39 is 5.97 Å². The van der Waals surface area contributed by atoms with E-state index in [1.54, 1.807) is 18.2 Å². The van der Waals surface area contributed by atoms with E-state index in [-0.39, 0.29) is 5.78 Å². The Hall–Kier alpha value is -1.84. The van der Waals surface area contributed by atoms with Gasteiger partial charge in [-0.2, -0.15) is 0 Å². The Balaban J connectivity index is 3.06. The Morgan fingerprint density at radius 3 is 2.44 bits per heavy atom. The quantitative estimate of drug-likeness (QED) is 0.726. The lowest BCUT2D eigenvalue weighted by Gasteiger charge is -2.08. The van der Waals surface area contributed by atoms with Crippen LogP contribution in [0.25, 0.3) is 0 Å². The summed E-state index contributed by atoms with van der Waals surface area (Å²) in [5.74, 6) is 0.148. The maximum atomic E-state index is 11.3. The van der Waals surface area contributed by atoms with Crippen LogP contribution in [0.4, 0.5) is 0 Å². The zero-order chi connectivity index (χ0) is 12.1. The molecular weight excluding hydrogens is 208 g/mol. The molecule has 4 heteroatoms. The number of carbonyl (C=O) groups excluding carboxylic acids is 2. The van der Waals surface area contributed by atoms with Crippen molar-refractivity contribution in [3.8, 4) is 5.75 Å². The van der Waals surface area contributed by atoms with Gasteiger partial charge in [-0.05, 0) is 19.1 Å². The van der Waals surface area contributed by atoms with Gasteiger partial charge in [-0.3, -0.25) is 4.79 Å². The number of rotatable bonds is 4. The number of Topliss-reactive ketones (excluding diaryl/α,β-unsaturated/α-hetero) is 1. The van der Waals surface area contributed by atoms with Crippen molar-refractivity contribution in [3.05, 3.63) is 29.3 Å². The van der Waals surface area contributed by atoms with E-state index in [1.807, 2.05) is 0 Å². The predicted molar refractivity (Wildman–Crippen MR) is 58.7 cm³/mol. The molecule has 1 rings (SSSR count). The van der Waals surface area contributed by atoms with Gasteiger partial charge in [0.05, 0.1) is 19.8 Å². The molecule has 0 saturated carbocycles. The minimum Gasteiger partial charge on any atom is -0.496 e. The second kappa shape index (κ2) is 5.30. The number of esters is 1. The Morgan fingerprint density at radius 1 is 1.25 bits per heavy atom. The second-order valence-electron chi connectivity index (χ2n) is 3.40. The minimum absolute atomic E-state index is 0.0455. The molecule has 1 aromatic rings. The second-order valence-corrected chi connectivity index (χ2v) is 3.40. The third-order valence-corrected chi connectivity index (χ3v) is 2.15. The molecule has 0 aliphatic rings. The smallest absolute Gasteiger partial charge is 0.337 e. The molecule has 0 heterocycles. The molecule has 1 aromatic carbocycles. The molecule has 0 aliphatic heterocycles. The van der Waals surface area contributed by atoms with E-state index in [0.717, 1.165) is 5.56 Å². The average Bonchev–Trinajstić information content (AvgIpc) is 2.27. The lowest BCUT2D eigenvalue weighted by molar-refractivity contribution is -0.116. The summed E-state index contributed by atoms with van der Waals surface area (Å²) in [5.41, 5.74) is 1.18. The van der Waals surface area contributed by atoms with Crippen molar-refractivity contribution in [1.29, 1.82) is 0 Å². The van der Waals surface area contributed by atoms with Crippen molar-refractivity contribution in [2.75, 3.05) is 14.2 Å². The van der Waals surface area contributed by atoms with Crippen LogP contribution in [-0.4, -0.2) is 26.0 Å². The molecule has 0 radical (unpaired) electrons. The van der Waals surface area contributed by atoms with Gasteiger partial charge in [0.15, 0.2) is 0 Å². The SMILES string of the molecule is COC(=O)c1ccc(CC(C)=O)c(OC)c1. The Bertz CT molecular complexity index is 409. The van der Waals surface area contributed by atoms with Gasteiger partial charge in [0.1, 0.15) is 11.5 Å². The minimum atomic E-state index is -0.423. The highest BCUT2D eigenvalue weighted by Gasteiger charge is 2.11. The van der Waals surface area contributed by atoms with Crippen LogP contribution in [0, 0.1) is 0 Å². The molecule has 0 atom stereocenters. The van der Waals surface area contributed by atoms with Crippen LogP contribution in [0.1, 0.15) is 22.8 Å². The molecule has 0 aromatic heterocycles. The van der Waals surface area contributed by atoms with Crippen molar-refractivity contribution < 1.29 is 19.1 Å². The first-order chi connectivity index (χ1) is 7.58. The normalized spacial score (nSPS) is 9.69. The Morgan fingerprint density at radius 2 is 1.94 bits per heavy atom. The number of methoxy groups -OCH3 is 2. The Labute approximate surface area is 94.2 Å². The largest absolute Gasteiger partial charge is 0.496 e. The number of ether oxygens (including phenoxy) is 2. The zero-order valence-corrected chi connectivity index (χ0v) is 9.57. The molecular formula is C12H14O4. The van der Waals surface area contributed by atoms with Crippen molar-refractivity contribution in [1.82, 2.24) is 0 Å². The molecule has 16 heavy (non-hydrogen) atoms. The topological polar surface area (TPSA) is 52.6 Å². The van der Waals surface area contributed by atoms with E-state index in [0.29, 0.717) is 17.7 Å². The highest BCUT2D eigenvalue weighted by atomic mass is 16.5. The van der Waals surface area contributed by atoms with E-state index in [2.05, 4.69) is 4.74 Å². The number of hydrogen-bond donors (Lipinski definition) is 0. The monoisotopic (exact) mass is 222 g/mol. The summed E-state index contributed by atoms with van der Waals surface area (Å²) < 4.78 is 9.72. The van der Waals surface area contributed by atoms with Crippen molar-refractivity contribution in [3.63, 3.8) is 0 Å². The highest BCUT2D eigenvalue weighted by molar-refractivity contribution is 5.90. The fourth-order valence-corrected chi connectivity index (χ4v) is 1.40. The van der Waals surface area contributed by atoms with Gasteiger partial charge in [0.2, 0.25) is 0 Å². The molecule has 0 aliphatic carbocycles. The lowest BCUT2D eigenvalue weighted by Crippen LogP contribution is -2.04.